The molecule has 0 spiro atoms. The first kappa shape index (κ1) is 11.0. The van der Waals surface area contributed by atoms with Crippen LogP contribution in [0.4, 0.5) is 0 Å². The number of pyridine rings is 1. The number of nitrogens with zero attached hydrogens (tertiary/aromatic N) is 1. The summed E-state index contributed by atoms with van der Waals surface area (Å²) in [6, 6.07) is 3.25. The van der Waals surface area contributed by atoms with Gasteiger partial charge in [-0.2, -0.15) is 0 Å². The molecule has 4 nitrogen and oxygen atoms in total. The van der Waals surface area contributed by atoms with Gasteiger partial charge in [-0.1, -0.05) is 15.9 Å². The summed E-state index contributed by atoms with van der Waals surface area (Å²) in [7, 11) is 1.49. The Morgan fingerprint density at radius 1 is 1.57 bits per heavy atom. The Morgan fingerprint density at radius 2 is 2.29 bits per heavy atom. The first-order chi connectivity index (χ1) is 6.67. The number of hydrogen-bond acceptors (Lipinski definition) is 4. The molecule has 0 unspecified atom stereocenters. The predicted octanol–water partition coefficient (Wildman–Crippen LogP) is 2.03. The van der Waals surface area contributed by atoms with Crippen LogP contribution in [0.15, 0.2) is 16.6 Å². The Labute approximate surface area is 90.4 Å². The Kier molecular flexibility index (Phi) is 3.88. The van der Waals surface area contributed by atoms with Crippen molar-refractivity contribution in [3.8, 4) is 5.88 Å². The fourth-order valence-electron chi connectivity index (χ4n) is 0.888. The Balaban J connectivity index is 2.96. The molecule has 14 heavy (non-hydrogen) atoms. The molecule has 1 aromatic rings. The molecule has 0 radical (unpaired) electrons. The van der Waals surface area contributed by atoms with Gasteiger partial charge in [0.2, 0.25) is 5.88 Å². The highest BCUT2D eigenvalue weighted by molar-refractivity contribution is 9.10. The standard InChI is InChI=1S/C9H10BrNO3/c1-3-14-9(12)7-4-6(10)5-8(11-7)13-2/h4-5H,3H2,1-2H3. The third kappa shape index (κ3) is 2.70. The molecule has 0 fully saturated rings. The molecule has 0 bridgehead atoms. The van der Waals surface area contributed by atoms with E-state index in [1.165, 1.54) is 7.11 Å². The molecule has 5 heteroatoms. The molecule has 1 aromatic heterocycles. The number of methoxy groups -OCH3 is 1. The average molecular weight is 260 g/mol. The lowest BCUT2D eigenvalue weighted by atomic mass is 10.3. The van der Waals surface area contributed by atoms with Gasteiger partial charge in [0.15, 0.2) is 5.69 Å². The van der Waals surface area contributed by atoms with Crippen molar-refractivity contribution in [1.29, 1.82) is 0 Å². The third-order valence-corrected chi connectivity index (χ3v) is 1.92. The summed E-state index contributed by atoms with van der Waals surface area (Å²) < 4.78 is 10.4. The molecule has 1 rings (SSSR count). The van der Waals surface area contributed by atoms with Crippen LogP contribution in [0.1, 0.15) is 17.4 Å². The van der Waals surface area contributed by atoms with E-state index >= 15 is 0 Å². The van der Waals surface area contributed by atoms with Gasteiger partial charge in [-0.25, -0.2) is 9.78 Å². The largest absolute Gasteiger partial charge is 0.481 e. The maximum Gasteiger partial charge on any atom is 0.357 e. The second-order valence-electron chi connectivity index (χ2n) is 2.43. The summed E-state index contributed by atoms with van der Waals surface area (Å²) in [5.74, 6) is -0.0745. The summed E-state index contributed by atoms with van der Waals surface area (Å²) >= 11 is 3.25. The highest BCUT2D eigenvalue weighted by Crippen LogP contribution is 2.17. The predicted molar refractivity (Wildman–Crippen MR) is 54.4 cm³/mol. The molecule has 0 saturated carbocycles. The summed E-state index contributed by atoms with van der Waals surface area (Å²) in [6.45, 7) is 2.07. The van der Waals surface area contributed by atoms with Crippen LogP contribution >= 0.6 is 15.9 Å². The SMILES string of the molecule is CCOC(=O)c1cc(Br)cc(OC)n1. The van der Waals surface area contributed by atoms with E-state index in [9.17, 15) is 4.79 Å². The quantitative estimate of drug-likeness (QED) is 0.780. The maximum atomic E-state index is 11.3. The number of carbonyl (C=O) groups excluding carboxylic acids is 1. The Morgan fingerprint density at radius 3 is 2.86 bits per heavy atom. The van der Waals surface area contributed by atoms with Crippen LogP contribution < -0.4 is 4.74 Å². The van der Waals surface area contributed by atoms with E-state index in [1.54, 1.807) is 19.1 Å². The van der Waals surface area contributed by atoms with Crippen molar-refractivity contribution in [1.82, 2.24) is 4.98 Å². The summed E-state index contributed by atoms with van der Waals surface area (Å²) in [4.78, 5) is 15.2. The lowest BCUT2D eigenvalue weighted by Crippen LogP contribution is -2.07. The second-order valence-corrected chi connectivity index (χ2v) is 3.35. The molecular weight excluding hydrogens is 250 g/mol. The number of aromatic nitrogens is 1. The van der Waals surface area contributed by atoms with Crippen molar-refractivity contribution >= 4 is 21.9 Å². The van der Waals surface area contributed by atoms with Crippen molar-refractivity contribution in [2.24, 2.45) is 0 Å². The van der Waals surface area contributed by atoms with Gasteiger partial charge in [0.25, 0.3) is 0 Å². The van der Waals surface area contributed by atoms with Crippen LogP contribution in [-0.2, 0) is 4.74 Å². The lowest BCUT2D eigenvalue weighted by Gasteiger charge is -2.04. The van der Waals surface area contributed by atoms with Crippen molar-refractivity contribution in [2.75, 3.05) is 13.7 Å². The minimum Gasteiger partial charge on any atom is -0.481 e. The molecule has 0 N–H and O–H groups in total. The summed E-state index contributed by atoms with van der Waals surface area (Å²) in [6.07, 6.45) is 0. The van der Waals surface area contributed by atoms with E-state index in [2.05, 4.69) is 20.9 Å². The van der Waals surface area contributed by atoms with Crippen LogP contribution in [0.2, 0.25) is 0 Å². The van der Waals surface area contributed by atoms with Gasteiger partial charge in [0, 0.05) is 10.5 Å². The first-order valence-corrected chi connectivity index (χ1v) is 4.85. The molecule has 0 atom stereocenters. The second kappa shape index (κ2) is 4.95. The fraction of sp³-hybridized carbons (Fsp3) is 0.333. The van der Waals surface area contributed by atoms with Crippen molar-refractivity contribution in [3.63, 3.8) is 0 Å². The van der Waals surface area contributed by atoms with Crippen molar-refractivity contribution < 1.29 is 14.3 Å². The van der Waals surface area contributed by atoms with Crippen molar-refractivity contribution in [2.45, 2.75) is 6.92 Å². The van der Waals surface area contributed by atoms with Gasteiger partial charge < -0.3 is 9.47 Å². The fourth-order valence-corrected chi connectivity index (χ4v) is 1.30. The zero-order valence-corrected chi connectivity index (χ0v) is 9.50. The molecule has 0 aliphatic rings. The maximum absolute atomic E-state index is 11.3. The minimum absolute atomic E-state index is 0.234. The van der Waals surface area contributed by atoms with Gasteiger partial charge in [0.1, 0.15) is 0 Å². The zero-order chi connectivity index (χ0) is 10.6. The zero-order valence-electron chi connectivity index (χ0n) is 7.91. The monoisotopic (exact) mass is 259 g/mol. The highest BCUT2D eigenvalue weighted by Gasteiger charge is 2.10. The number of halogens is 1. The third-order valence-electron chi connectivity index (χ3n) is 1.46. The number of ether oxygens (including phenoxy) is 2. The van der Waals surface area contributed by atoms with Crippen LogP contribution in [-0.4, -0.2) is 24.7 Å². The summed E-state index contributed by atoms with van der Waals surface area (Å²) in [5, 5.41) is 0. The number of hydrogen-bond donors (Lipinski definition) is 0. The smallest absolute Gasteiger partial charge is 0.357 e. The van der Waals surface area contributed by atoms with Crippen molar-refractivity contribution in [3.05, 3.63) is 22.3 Å². The van der Waals surface area contributed by atoms with E-state index in [4.69, 9.17) is 9.47 Å². The molecule has 76 valence electrons. The van der Waals surface area contributed by atoms with Crippen LogP contribution in [0.25, 0.3) is 0 Å². The summed E-state index contributed by atoms with van der Waals surface area (Å²) in [5.41, 5.74) is 0.234. The van der Waals surface area contributed by atoms with Gasteiger partial charge in [-0.15, -0.1) is 0 Å². The highest BCUT2D eigenvalue weighted by atomic mass is 79.9. The molecule has 0 aliphatic carbocycles. The number of rotatable bonds is 3. The molecule has 0 aliphatic heterocycles. The molecular formula is C9H10BrNO3. The van der Waals surface area contributed by atoms with Crippen LogP contribution in [0.3, 0.4) is 0 Å². The Hall–Kier alpha value is -1.10. The van der Waals surface area contributed by atoms with E-state index in [1.807, 2.05) is 0 Å². The van der Waals surface area contributed by atoms with Gasteiger partial charge in [-0.3, -0.25) is 0 Å². The van der Waals surface area contributed by atoms with E-state index in [0.717, 1.165) is 4.47 Å². The van der Waals surface area contributed by atoms with E-state index in [-0.39, 0.29) is 5.69 Å². The lowest BCUT2D eigenvalue weighted by molar-refractivity contribution is 0.0518. The normalized spacial score (nSPS) is 9.64. The number of esters is 1. The van der Waals surface area contributed by atoms with E-state index < -0.39 is 5.97 Å². The van der Waals surface area contributed by atoms with Gasteiger partial charge >= 0.3 is 5.97 Å². The number of carbonyl (C=O) groups is 1. The van der Waals surface area contributed by atoms with Gasteiger partial charge in [-0.05, 0) is 13.0 Å². The van der Waals surface area contributed by atoms with Crippen LogP contribution in [0.5, 0.6) is 5.88 Å². The molecule has 0 aromatic carbocycles. The van der Waals surface area contributed by atoms with E-state index in [0.29, 0.717) is 12.5 Å². The molecule has 0 saturated heterocycles. The average Bonchev–Trinajstić information content (AvgIpc) is 2.17. The minimum atomic E-state index is -0.452. The molecule has 1 heterocycles. The van der Waals surface area contributed by atoms with Crippen LogP contribution in [0, 0.1) is 0 Å². The first-order valence-electron chi connectivity index (χ1n) is 4.06. The van der Waals surface area contributed by atoms with Gasteiger partial charge in [0.05, 0.1) is 13.7 Å². The Bertz CT molecular complexity index is 341. The topological polar surface area (TPSA) is 48.4 Å². The molecule has 0 amide bonds.